The van der Waals surface area contributed by atoms with Gasteiger partial charge in [0.15, 0.2) is 0 Å². The molecular weight excluding hydrogens is 498 g/mol. The van der Waals surface area contributed by atoms with Gasteiger partial charge in [-0.2, -0.15) is 5.10 Å². The molecule has 6 nitrogen and oxygen atoms in total. The highest BCUT2D eigenvalue weighted by Crippen LogP contribution is 2.48. The van der Waals surface area contributed by atoms with E-state index in [-0.39, 0.29) is 11.1 Å². The van der Waals surface area contributed by atoms with E-state index in [2.05, 4.69) is 69.3 Å². The van der Waals surface area contributed by atoms with Crippen molar-refractivity contribution in [1.82, 2.24) is 14.3 Å². The number of aliphatic carboxylic acids is 1. The fraction of sp³-hybridized carbons (Fsp3) is 0.382. The average molecular weight is 538 g/mol. The second kappa shape index (κ2) is 10.9. The highest BCUT2D eigenvalue weighted by atomic mass is 16.4. The average Bonchev–Trinajstić information content (AvgIpc) is 3.70. The van der Waals surface area contributed by atoms with Crippen molar-refractivity contribution in [2.45, 2.75) is 83.7 Å². The first-order chi connectivity index (χ1) is 19.1. The van der Waals surface area contributed by atoms with Gasteiger partial charge in [0.1, 0.15) is 5.82 Å². The molecule has 0 unspecified atom stereocenters. The molecule has 0 spiro atoms. The van der Waals surface area contributed by atoms with Crippen LogP contribution in [0.5, 0.6) is 0 Å². The summed E-state index contributed by atoms with van der Waals surface area (Å²) in [7, 11) is 0. The van der Waals surface area contributed by atoms with E-state index in [0.29, 0.717) is 25.9 Å². The van der Waals surface area contributed by atoms with Gasteiger partial charge in [-0.25, -0.2) is 9.48 Å². The summed E-state index contributed by atoms with van der Waals surface area (Å²) >= 11 is 0. The highest BCUT2D eigenvalue weighted by Gasteiger charge is 2.51. The topological polar surface area (TPSA) is 77.1 Å². The highest BCUT2D eigenvalue weighted by molar-refractivity contribution is 5.85. The van der Waals surface area contributed by atoms with Crippen LogP contribution >= 0.6 is 0 Å². The van der Waals surface area contributed by atoms with Gasteiger partial charge in [-0.15, -0.1) is 0 Å². The van der Waals surface area contributed by atoms with Gasteiger partial charge in [-0.05, 0) is 71.4 Å². The second-order valence-corrected chi connectivity index (χ2v) is 12.1. The molecule has 1 saturated carbocycles. The third kappa shape index (κ3) is 5.67. The van der Waals surface area contributed by atoms with E-state index < -0.39 is 11.4 Å². The van der Waals surface area contributed by atoms with Gasteiger partial charge in [0.25, 0.3) is 0 Å². The van der Waals surface area contributed by atoms with Crippen LogP contribution in [0, 0.1) is 0 Å². The Morgan fingerprint density at radius 2 is 1.62 bits per heavy atom. The summed E-state index contributed by atoms with van der Waals surface area (Å²) in [6.07, 6.45) is 3.93. The normalized spacial score (nSPS) is 14.3. The van der Waals surface area contributed by atoms with Gasteiger partial charge >= 0.3 is 11.7 Å². The first-order valence-corrected chi connectivity index (χ1v) is 14.3. The number of aromatic nitrogens is 3. The fourth-order valence-corrected chi connectivity index (χ4v) is 5.46. The molecule has 1 fully saturated rings. The third-order valence-electron chi connectivity index (χ3n) is 8.19. The monoisotopic (exact) mass is 537 g/mol. The van der Waals surface area contributed by atoms with Crippen molar-refractivity contribution in [1.29, 1.82) is 0 Å². The summed E-state index contributed by atoms with van der Waals surface area (Å²) in [4.78, 5) is 24.7. The van der Waals surface area contributed by atoms with Gasteiger partial charge in [0.2, 0.25) is 0 Å². The molecule has 5 rings (SSSR count). The summed E-state index contributed by atoms with van der Waals surface area (Å²) in [5.41, 5.74) is 6.03. The van der Waals surface area contributed by atoms with Crippen molar-refractivity contribution in [2.75, 3.05) is 0 Å². The first-order valence-electron chi connectivity index (χ1n) is 14.3. The summed E-state index contributed by atoms with van der Waals surface area (Å²) < 4.78 is 3.37. The Morgan fingerprint density at radius 1 is 0.925 bits per heavy atom. The Kier molecular flexibility index (Phi) is 7.54. The summed E-state index contributed by atoms with van der Waals surface area (Å²) in [6, 6.07) is 24.9. The molecule has 1 N–H and O–H groups in total. The Labute approximate surface area is 236 Å². The molecule has 6 heteroatoms. The number of carboxylic acids is 1. The standard InChI is InChI=1S/C34H39N3O3/c1-5-36-30(35-37(32(36)40)23-25-12-16-28(17-13-25)33(2,3)4)11-7-9-24-8-6-10-27(22-24)26-14-18-29(19-15-26)34(20-21-34)31(38)39/h6,8,10,12-19,22H,5,7,9,11,20-21,23H2,1-4H3,(H,38,39). The maximum Gasteiger partial charge on any atom is 0.346 e. The molecule has 1 aromatic heterocycles. The van der Waals surface area contributed by atoms with Crippen molar-refractivity contribution in [3.63, 3.8) is 0 Å². The van der Waals surface area contributed by atoms with Gasteiger partial charge in [-0.3, -0.25) is 9.36 Å². The third-order valence-corrected chi connectivity index (χ3v) is 8.19. The number of rotatable bonds is 10. The smallest absolute Gasteiger partial charge is 0.346 e. The maximum absolute atomic E-state index is 13.0. The van der Waals surface area contributed by atoms with Crippen LogP contribution in [0.3, 0.4) is 0 Å². The summed E-state index contributed by atoms with van der Waals surface area (Å²) in [5.74, 6) is 0.105. The molecule has 208 valence electrons. The molecule has 1 aliphatic rings. The fourth-order valence-electron chi connectivity index (χ4n) is 5.46. The van der Waals surface area contributed by atoms with Crippen LogP contribution in [0.2, 0.25) is 0 Å². The minimum atomic E-state index is -0.727. The molecule has 4 aromatic rings. The number of benzene rings is 3. The van der Waals surface area contributed by atoms with E-state index in [0.717, 1.165) is 47.3 Å². The van der Waals surface area contributed by atoms with Crippen molar-refractivity contribution >= 4 is 5.97 Å². The van der Waals surface area contributed by atoms with E-state index in [9.17, 15) is 14.7 Å². The largest absolute Gasteiger partial charge is 0.481 e. The predicted octanol–water partition coefficient (Wildman–Crippen LogP) is 6.37. The molecule has 1 aliphatic carbocycles. The van der Waals surface area contributed by atoms with E-state index in [4.69, 9.17) is 5.10 Å². The molecule has 1 heterocycles. The lowest BCUT2D eigenvalue weighted by Gasteiger charge is -2.19. The summed E-state index contributed by atoms with van der Waals surface area (Å²) in [6.45, 7) is 9.65. The molecule has 0 saturated heterocycles. The zero-order valence-corrected chi connectivity index (χ0v) is 24.0. The predicted molar refractivity (Wildman–Crippen MR) is 159 cm³/mol. The van der Waals surface area contributed by atoms with Crippen LogP contribution in [-0.2, 0) is 41.6 Å². The number of aryl methyl sites for hydroxylation is 2. The van der Waals surface area contributed by atoms with Crippen LogP contribution in [0.1, 0.15) is 75.0 Å². The Bertz CT molecular complexity index is 1550. The number of carboxylic acid groups (broad SMARTS) is 1. The van der Waals surface area contributed by atoms with Crippen molar-refractivity contribution in [3.8, 4) is 11.1 Å². The van der Waals surface area contributed by atoms with E-state index >= 15 is 0 Å². The van der Waals surface area contributed by atoms with Crippen LogP contribution < -0.4 is 5.69 Å². The van der Waals surface area contributed by atoms with E-state index in [1.54, 1.807) is 9.25 Å². The van der Waals surface area contributed by atoms with Crippen molar-refractivity contribution < 1.29 is 9.90 Å². The molecule has 0 atom stereocenters. The van der Waals surface area contributed by atoms with Gasteiger partial charge in [0, 0.05) is 13.0 Å². The van der Waals surface area contributed by atoms with Crippen molar-refractivity contribution in [3.05, 3.63) is 111 Å². The van der Waals surface area contributed by atoms with E-state index in [1.165, 1.54) is 11.1 Å². The molecule has 0 bridgehead atoms. The lowest BCUT2D eigenvalue weighted by Crippen LogP contribution is -2.25. The minimum absolute atomic E-state index is 0.0567. The molecule has 40 heavy (non-hydrogen) atoms. The molecule has 3 aromatic carbocycles. The Hall–Kier alpha value is -3.93. The molecule has 0 amide bonds. The lowest BCUT2D eigenvalue weighted by molar-refractivity contribution is -0.140. The zero-order valence-electron chi connectivity index (χ0n) is 24.0. The minimum Gasteiger partial charge on any atom is -0.481 e. The number of carbonyl (C=O) groups is 1. The van der Waals surface area contributed by atoms with Crippen LogP contribution in [0.4, 0.5) is 0 Å². The summed E-state index contributed by atoms with van der Waals surface area (Å²) in [5, 5.41) is 14.3. The zero-order chi connectivity index (χ0) is 28.5. The molecule has 0 aliphatic heterocycles. The quantitative estimate of drug-likeness (QED) is 0.255. The lowest BCUT2D eigenvalue weighted by atomic mass is 9.87. The maximum atomic E-state index is 13.0. The van der Waals surface area contributed by atoms with E-state index in [1.807, 2.05) is 31.2 Å². The number of hydrogen-bond donors (Lipinski definition) is 1. The van der Waals surface area contributed by atoms with Crippen LogP contribution in [0.25, 0.3) is 11.1 Å². The van der Waals surface area contributed by atoms with Crippen LogP contribution in [0.15, 0.2) is 77.6 Å². The molecular formula is C34H39N3O3. The Balaban J connectivity index is 1.23. The number of hydrogen-bond acceptors (Lipinski definition) is 3. The van der Waals surface area contributed by atoms with Gasteiger partial charge < -0.3 is 5.11 Å². The van der Waals surface area contributed by atoms with Gasteiger partial charge in [-0.1, -0.05) is 93.6 Å². The number of nitrogens with zero attached hydrogens (tertiary/aromatic N) is 3. The molecule has 0 radical (unpaired) electrons. The second-order valence-electron chi connectivity index (χ2n) is 12.1. The van der Waals surface area contributed by atoms with Crippen molar-refractivity contribution in [2.24, 2.45) is 0 Å². The van der Waals surface area contributed by atoms with Crippen LogP contribution in [-0.4, -0.2) is 25.4 Å². The first kappa shape index (κ1) is 27.6. The Morgan fingerprint density at radius 3 is 2.23 bits per heavy atom. The SMILES string of the molecule is CCn1c(CCCc2cccc(-c3ccc(C4(C(=O)O)CC4)cc3)c2)nn(Cc2ccc(C(C)(C)C)cc2)c1=O. The van der Waals surface area contributed by atoms with Gasteiger partial charge in [0.05, 0.1) is 12.0 Å².